The number of amides is 1. The van der Waals surface area contributed by atoms with Gasteiger partial charge in [0.15, 0.2) is 0 Å². The Morgan fingerprint density at radius 1 is 0.950 bits per heavy atom. The van der Waals surface area contributed by atoms with Crippen LogP contribution in [0.4, 0.5) is 0 Å². The lowest BCUT2D eigenvalue weighted by molar-refractivity contribution is -0.124. The van der Waals surface area contributed by atoms with Crippen molar-refractivity contribution >= 4 is 12.0 Å². The first-order valence-electron chi connectivity index (χ1n) is 6.24. The van der Waals surface area contributed by atoms with Crippen molar-refractivity contribution in [3.63, 3.8) is 0 Å². The third kappa shape index (κ3) is 3.93. The van der Waals surface area contributed by atoms with Crippen molar-refractivity contribution in [2.75, 3.05) is 0 Å². The molecule has 0 heterocycles. The van der Waals surface area contributed by atoms with Crippen LogP contribution in [-0.4, -0.2) is 11.1 Å². The summed E-state index contributed by atoms with van der Waals surface area (Å²) in [6.07, 6.45) is 6.46. The Bertz CT molecular complexity index is 630. The molecule has 0 atom stereocenters. The van der Waals surface area contributed by atoms with Gasteiger partial charge in [-0.25, -0.2) is 5.48 Å². The third-order valence-corrected chi connectivity index (χ3v) is 2.75. The van der Waals surface area contributed by atoms with E-state index in [-0.39, 0.29) is 0 Å². The summed E-state index contributed by atoms with van der Waals surface area (Å²) in [7, 11) is 0. The van der Waals surface area contributed by atoms with Gasteiger partial charge in [0, 0.05) is 6.08 Å². The van der Waals surface area contributed by atoms with E-state index in [0.717, 1.165) is 16.7 Å². The Labute approximate surface area is 117 Å². The predicted molar refractivity (Wildman–Crippen MR) is 80.0 cm³/mol. The summed E-state index contributed by atoms with van der Waals surface area (Å²) in [5.41, 5.74) is 4.88. The molecule has 3 nitrogen and oxygen atoms in total. The Hall–Kier alpha value is -2.65. The molecule has 0 bridgehead atoms. The maximum absolute atomic E-state index is 10.8. The van der Waals surface area contributed by atoms with Crippen LogP contribution < -0.4 is 5.48 Å². The number of rotatable bonds is 4. The lowest BCUT2D eigenvalue weighted by Gasteiger charge is -2.02. The summed E-state index contributed by atoms with van der Waals surface area (Å²) in [5.74, 6) is -0.548. The molecule has 2 aromatic carbocycles. The van der Waals surface area contributed by atoms with E-state index in [1.807, 2.05) is 36.4 Å². The van der Waals surface area contributed by atoms with Gasteiger partial charge in [-0.2, -0.15) is 0 Å². The summed E-state index contributed by atoms with van der Waals surface area (Å²) >= 11 is 0. The van der Waals surface area contributed by atoms with Crippen molar-refractivity contribution in [1.82, 2.24) is 5.48 Å². The molecule has 0 aliphatic rings. The molecule has 0 unspecified atom stereocenters. The number of benzene rings is 2. The summed E-state index contributed by atoms with van der Waals surface area (Å²) in [4.78, 5) is 10.8. The van der Waals surface area contributed by atoms with Crippen molar-refractivity contribution in [3.8, 4) is 11.1 Å². The molecule has 3 heteroatoms. The molecule has 0 saturated carbocycles. The number of carbonyl (C=O) groups is 1. The van der Waals surface area contributed by atoms with Crippen LogP contribution in [0.5, 0.6) is 0 Å². The fraction of sp³-hybridized carbons (Fsp3) is 0. The van der Waals surface area contributed by atoms with Gasteiger partial charge in [-0.05, 0) is 22.8 Å². The molecule has 20 heavy (non-hydrogen) atoms. The van der Waals surface area contributed by atoms with E-state index < -0.39 is 5.91 Å². The Morgan fingerprint density at radius 3 is 2.45 bits per heavy atom. The Morgan fingerprint density at radius 2 is 1.70 bits per heavy atom. The normalized spacial score (nSPS) is 11.1. The van der Waals surface area contributed by atoms with Gasteiger partial charge in [0.05, 0.1) is 0 Å². The zero-order valence-corrected chi connectivity index (χ0v) is 10.9. The molecule has 0 radical (unpaired) electrons. The average molecular weight is 265 g/mol. The van der Waals surface area contributed by atoms with E-state index in [0.29, 0.717) is 0 Å². The minimum absolute atomic E-state index is 0.548. The average Bonchev–Trinajstić information content (AvgIpc) is 2.52. The van der Waals surface area contributed by atoms with Crippen LogP contribution in [0, 0.1) is 0 Å². The first kappa shape index (κ1) is 13.8. The molecule has 0 spiro atoms. The van der Waals surface area contributed by atoms with Gasteiger partial charge < -0.3 is 0 Å². The van der Waals surface area contributed by atoms with Crippen LogP contribution in [0.1, 0.15) is 5.56 Å². The highest BCUT2D eigenvalue weighted by molar-refractivity contribution is 5.86. The van der Waals surface area contributed by atoms with Gasteiger partial charge in [-0.15, -0.1) is 0 Å². The van der Waals surface area contributed by atoms with E-state index in [9.17, 15) is 4.79 Å². The largest absolute Gasteiger partial charge is 0.288 e. The van der Waals surface area contributed by atoms with Crippen LogP contribution >= 0.6 is 0 Å². The monoisotopic (exact) mass is 265 g/mol. The number of hydrogen-bond donors (Lipinski definition) is 2. The van der Waals surface area contributed by atoms with Crippen LogP contribution in [0.15, 0.2) is 72.8 Å². The predicted octanol–water partition coefficient (Wildman–Crippen LogP) is 3.43. The minimum atomic E-state index is -0.548. The van der Waals surface area contributed by atoms with Gasteiger partial charge in [-0.3, -0.25) is 10.0 Å². The number of hydrogen-bond acceptors (Lipinski definition) is 2. The second-order valence-corrected chi connectivity index (χ2v) is 4.19. The molecule has 0 aliphatic heterocycles. The number of hydroxylamine groups is 1. The minimum Gasteiger partial charge on any atom is -0.288 e. The number of carbonyl (C=O) groups excluding carboxylic acids is 1. The standard InChI is InChI=1S/C17H15NO2/c19-17(18-20)12-5-4-7-14-8-6-11-16(13-14)15-9-2-1-3-10-15/h1-13,20H,(H,18,19). The zero-order chi connectivity index (χ0) is 14.2. The fourth-order valence-electron chi connectivity index (χ4n) is 1.80. The highest BCUT2D eigenvalue weighted by atomic mass is 16.5. The van der Waals surface area contributed by atoms with E-state index in [1.54, 1.807) is 12.2 Å². The third-order valence-electron chi connectivity index (χ3n) is 2.75. The maximum Gasteiger partial charge on any atom is 0.267 e. The maximum atomic E-state index is 10.8. The lowest BCUT2D eigenvalue weighted by atomic mass is 10.0. The summed E-state index contributed by atoms with van der Waals surface area (Å²) in [6, 6.07) is 18.2. The quantitative estimate of drug-likeness (QED) is 0.385. The molecule has 0 saturated heterocycles. The molecule has 0 aromatic heterocycles. The smallest absolute Gasteiger partial charge is 0.267 e. The van der Waals surface area contributed by atoms with Crippen LogP contribution in [0.25, 0.3) is 17.2 Å². The van der Waals surface area contributed by atoms with Gasteiger partial charge in [0.2, 0.25) is 0 Å². The van der Waals surface area contributed by atoms with E-state index >= 15 is 0 Å². The van der Waals surface area contributed by atoms with Crippen molar-refractivity contribution < 1.29 is 10.0 Å². The van der Waals surface area contributed by atoms with Gasteiger partial charge >= 0.3 is 0 Å². The van der Waals surface area contributed by atoms with Crippen LogP contribution in [-0.2, 0) is 4.79 Å². The van der Waals surface area contributed by atoms with Gasteiger partial charge in [0.25, 0.3) is 5.91 Å². The molecule has 0 fully saturated rings. The highest BCUT2D eigenvalue weighted by Crippen LogP contribution is 2.20. The molecule has 100 valence electrons. The van der Waals surface area contributed by atoms with Gasteiger partial charge in [-0.1, -0.05) is 66.8 Å². The Balaban J connectivity index is 2.13. The van der Waals surface area contributed by atoms with Crippen molar-refractivity contribution in [1.29, 1.82) is 0 Å². The number of nitrogens with one attached hydrogen (secondary N) is 1. The molecule has 2 rings (SSSR count). The van der Waals surface area contributed by atoms with Gasteiger partial charge in [0.1, 0.15) is 0 Å². The first-order chi connectivity index (χ1) is 9.79. The molecular formula is C17H15NO2. The van der Waals surface area contributed by atoms with E-state index in [4.69, 9.17) is 5.21 Å². The molecule has 0 aliphatic carbocycles. The molecule has 1 amide bonds. The highest BCUT2D eigenvalue weighted by Gasteiger charge is 1.96. The van der Waals surface area contributed by atoms with Crippen molar-refractivity contribution in [3.05, 3.63) is 78.4 Å². The van der Waals surface area contributed by atoms with Crippen molar-refractivity contribution in [2.24, 2.45) is 0 Å². The van der Waals surface area contributed by atoms with E-state index in [2.05, 4.69) is 24.3 Å². The first-order valence-corrected chi connectivity index (χ1v) is 6.24. The van der Waals surface area contributed by atoms with Crippen molar-refractivity contribution in [2.45, 2.75) is 0 Å². The second kappa shape index (κ2) is 7.07. The molecular weight excluding hydrogens is 250 g/mol. The fourth-order valence-corrected chi connectivity index (χ4v) is 1.80. The Kier molecular flexibility index (Phi) is 4.87. The summed E-state index contributed by atoms with van der Waals surface area (Å²) in [6.45, 7) is 0. The molecule has 2 N–H and O–H groups in total. The van der Waals surface area contributed by atoms with E-state index in [1.165, 1.54) is 11.6 Å². The second-order valence-electron chi connectivity index (χ2n) is 4.19. The van der Waals surface area contributed by atoms with Crippen LogP contribution in [0.3, 0.4) is 0 Å². The van der Waals surface area contributed by atoms with Crippen LogP contribution in [0.2, 0.25) is 0 Å². The topological polar surface area (TPSA) is 49.3 Å². The zero-order valence-electron chi connectivity index (χ0n) is 10.9. The molecule has 2 aromatic rings. The SMILES string of the molecule is O=C(C=CC=Cc1cccc(-c2ccccc2)c1)NO. The summed E-state index contributed by atoms with van der Waals surface area (Å²) < 4.78 is 0. The summed E-state index contributed by atoms with van der Waals surface area (Å²) in [5, 5.41) is 8.34. The lowest BCUT2D eigenvalue weighted by Crippen LogP contribution is -2.14. The number of allylic oxidation sites excluding steroid dienone is 2.